The van der Waals surface area contributed by atoms with Gasteiger partial charge in [-0.15, -0.1) is 0 Å². The topological polar surface area (TPSA) is 100 Å². The first-order valence-electron chi connectivity index (χ1n) is 9.25. The lowest BCUT2D eigenvalue weighted by atomic mass is 10.2. The van der Waals surface area contributed by atoms with Crippen LogP contribution in [0.3, 0.4) is 0 Å². The fourth-order valence-corrected chi connectivity index (χ4v) is 3.36. The van der Waals surface area contributed by atoms with Gasteiger partial charge in [0.25, 0.3) is 0 Å². The van der Waals surface area contributed by atoms with E-state index in [1.165, 1.54) is 0 Å². The van der Waals surface area contributed by atoms with Crippen LogP contribution in [0.25, 0.3) is 28.1 Å². The highest BCUT2D eigenvalue weighted by molar-refractivity contribution is 5.87. The summed E-state index contributed by atoms with van der Waals surface area (Å²) in [7, 11) is 5.35. The zero-order valence-corrected chi connectivity index (χ0v) is 16.7. The first kappa shape index (κ1) is 17.9. The summed E-state index contributed by atoms with van der Waals surface area (Å²) in [6.45, 7) is 0. The van der Waals surface area contributed by atoms with E-state index in [2.05, 4.69) is 25.5 Å². The predicted molar refractivity (Wildman–Crippen MR) is 112 cm³/mol. The second-order valence-corrected chi connectivity index (χ2v) is 6.72. The summed E-state index contributed by atoms with van der Waals surface area (Å²) in [5.74, 6) is 2.10. The summed E-state index contributed by atoms with van der Waals surface area (Å²) >= 11 is 0. The number of nitrogens with one attached hydrogen (secondary N) is 1. The van der Waals surface area contributed by atoms with E-state index < -0.39 is 0 Å². The third-order valence-corrected chi connectivity index (χ3v) is 4.83. The number of hydrogen-bond donors (Lipinski definition) is 1. The minimum atomic E-state index is 0.664. The maximum atomic E-state index is 5.41. The summed E-state index contributed by atoms with van der Waals surface area (Å²) < 4.78 is 10.8. The van der Waals surface area contributed by atoms with Gasteiger partial charge in [-0.2, -0.15) is 10.2 Å². The molecule has 0 amide bonds. The van der Waals surface area contributed by atoms with E-state index in [1.807, 2.05) is 49.1 Å². The molecule has 30 heavy (non-hydrogen) atoms. The second-order valence-electron chi connectivity index (χ2n) is 6.72. The molecule has 0 saturated heterocycles. The first-order valence-corrected chi connectivity index (χ1v) is 9.25. The van der Waals surface area contributed by atoms with Gasteiger partial charge >= 0.3 is 0 Å². The average molecular weight is 401 g/mol. The smallest absolute Gasteiger partial charge is 0.162 e. The van der Waals surface area contributed by atoms with Gasteiger partial charge in [0, 0.05) is 44.8 Å². The van der Waals surface area contributed by atoms with Crippen molar-refractivity contribution in [2.45, 2.75) is 0 Å². The Morgan fingerprint density at radius 3 is 2.80 bits per heavy atom. The molecule has 150 valence electrons. The summed E-state index contributed by atoms with van der Waals surface area (Å²) in [6.07, 6.45) is 8.90. The van der Waals surface area contributed by atoms with Gasteiger partial charge in [-0.1, -0.05) is 0 Å². The van der Waals surface area contributed by atoms with Crippen LogP contribution in [-0.4, -0.2) is 46.2 Å². The van der Waals surface area contributed by atoms with Crippen LogP contribution >= 0.6 is 0 Å². The fraction of sp³-hybridized carbons (Fsp3) is 0.150. The number of aryl methyl sites for hydroxylation is 2. The molecule has 0 atom stereocenters. The van der Waals surface area contributed by atoms with E-state index in [9.17, 15) is 0 Å². The van der Waals surface area contributed by atoms with Gasteiger partial charge < -0.3 is 14.6 Å². The Labute approximate surface area is 171 Å². The molecule has 5 aromatic rings. The monoisotopic (exact) mass is 401 g/mol. The Balaban J connectivity index is 1.57. The highest BCUT2D eigenvalue weighted by Gasteiger charge is 2.15. The number of pyridine rings is 2. The number of anilines is 2. The number of methoxy groups -OCH3 is 1. The van der Waals surface area contributed by atoms with Gasteiger partial charge in [0.15, 0.2) is 5.65 Å². The van der Waals surface area contributed by atoms with E-state index in [-0.39, 0.29) is 0 Å². The summed E-state index contributed by atoms with van der Waals surface area (Å²) in [5.41, 5.74) is 3.08. The molecule has 5 aromatic heterocycles. The number of hydrogen-bond acceptors (Lipinski definition) is 7. The molecule has 0 aliphatic carbocycles. The van der Waals surface area contributed by atoms with Crippen molar-refractivity contribution in [1.29, 1.82) is 0 Å². The van der Waals surface area contributed by atoms with Crippen LogP contribution in [0.1, 0.15) is 0 Å². The van der Waals surface area contributed by atoms with Gasteiger partial charge in [0.05, 0.1) is 30.7 Å². The number of imidazole rings is 1. The Morgan fingerprint density at radius 2 is 2.00 bits per heavy atom. The molecule has 0 aliphatic heterocycles. The molecule has 0 aromatic carbocycles. The Kier molecular flexibility index (Phi) is 4.16. The average Bonchev–Trinajstić information content (AvgIpc) is 3.50. The molecule has 0 fully saturated rings. The predicted octanol–water partition coefficient (Wildman–Crippen LogP) is 2.70. The minimum absolute atomic E-state index is 0.664. The van der Waals surface area contributed by atoms with Crippen molar-refractivity contribution in [3.8, 4) is 22.8 Å². The maximum absolute atomic E-state index is 5.41. The molecule has 10 nitrogen and oxygen atoms in total. The number of nitrogens with zero attached hydrogens (tertiary/aromatic N) is 8. The Bertz CT molecular complexity index is 1330. The highest BCUT2D eigenvalue weighted by atomic mass is 16.5. The molecule has 0 spiro atoms. The third-order valence-electron chi connectivity index (χ3n) is 4.83. The Hall–Kier alpha value is -4.21. The van der Waals surface area contributed by atoms with Gasteiger partial charge in [0.2, 0.25) is 0 Å². The number of fused-ring (bicyclic) bond motifs is 1. The molecule has 0 aliphatic rings. The van der Waals surface area contributed by atoms with Crippen molar-refractivity contribution in [3.63, 3.8) is 0 Å². The largest absolute Gasteiger partial charge is 0.494 e. The lowest BCUT2D eigenvalue weighted by Crippen LogP contribution is -2.03. The molecule has 10 heteroatoms. The van der Waals surface area contributed by atoms with Crippen LogP contribution < -0.4 is 10.1 Å². The van der Waals surface area contributed by atoms with Crippen LogP contribution in [0.2, 0.25) is 0 Å². The number of ether oxygens (including phenoxy) is 1. The SMILES string of the molecule is COc1cccnc1-c1cc(Nc2cc(-n3ccnc3)c3cnn(C)c3n2)n(C)n1. The molecule has 0 unspecified atom stereocenters. The van der Waals surface area contributed by atoms with E-state index >= 15 is 0 Å². The lowest BCUT2D eigenvalue weighted by Gasteiger charge is -2.10. The standard InChI is InChI=1S/C20H19N9O/c1-27-18(9-14(26-27)19-16(30-3)5-4-6-22-19)24-17-10-15(29-8-7-21-12-29)13-11-23-28(2)20(13)25-17/h4-12H,1-3H3,(H,24,25). The van der Waals surface area contributed by atoms with E-state index in [4.69, 9.17) is 9.72 Å². The molecule has 5 rings (SSSR count). The lowest BCUT2D eigenvalue weighted by molar-refractivity contribution is 0.414. The van der Waals surface area contributed by atoms with Crippen LogP contribution in [-0.2, 0) is 14.1 Å². The van der Waals surface area contributed by atoms with Gasteiger partial charge in [0.1, 0.15) is 28.8 Å². The van der Waals surface area contributed by atoms with Crippen LogP contribution in [0, 0.1) is 0 Å². The van der Waals surface area contributed by atoms with Gasteiger partial charge in [-0.05, 0) is 12.1 Å². The number of aromatic nitrogens is 8. The van der Waals surface area contributed by atoms with Crippen molar-refractivity contribution >= 4 is 22.7 Å². The normalized spacial score (nSPS) is 11.2. The minimum Gasteiger partial charge on any atom is -0.494 e. The molecule has 0 radical (unpaired) electrons. The van der Waals surface area contributed by atoms with Gasteiger partial charge in [-0.25, -0.2) is 9.97 Å². The highest BCUT2D eigenvalue weighted by Crippen LogP contribution is 2.30. The van der Waals surface area contributed by atoms with Crippen LogP contribution in [0.4, 0.5) is 11.6 Å². The molecule has 5 heterocycles. The maximum Gasteiger partial charge on any atom is 0.162 e. The zero-order chi connectivity index (χ0) is 20.7. The van der Waals surface area contributed by atoms with E-state index in [0.717, 1.165) is 22.5 Å². The zero-order valence-electron chi connectivity index (χ0n) is 16.7. The first-order chi connectivity index (χ1) is 14.6. The van der Waals surface area contributed by atoms with Crippen molar-refractivity contribution in [3.05, 3.63) is 55.4 Å². The molecular weight excluding hydrogens is 382 g/mol. The second kappa shape index (κ2) is 6.99. The quantitative estimate of drug-likeness (QED) is 0.483. The molecular formula is C20H19N9O. The molecule has 0 saturated carbocycles. The molecule has 1 N–H and O–H groups in total. The van der Waals surface area contributed by atoms with Crippen LogP contribution in [0.15, 0.2) is 55.4 Å². The van der Waals surface area contributed by atoms with Crippen molar-refractivity contribution < 1.29 is 4.74 Å². The van der Waals surface area contributed by atoms with E-state index in [0.29, 0.717) is 23.0 Å². The van der Waals surface area contributed by atoms with Gasteiger partial charge in [-0.3, -0.25) is 14.3 Å². The van der Waals surface area contributed by atoms with E-state index in [1.54, 1.807) is 41.4 Å². The van der Waals surface area contributed by atoms with Crippen molar-refractivity contribution in [2.75, 3.05) is 12.4 Å². The number of rotatable bonds is 5. The van der Waals surface area contributed by atoms with Crippen molar-refractivity contribution in [2.24, 2.45) is 14.1 Å². The third kappa shape index (κ3) is 2.94. The Morgan fingerprint density at radius 1 is 1.10 bits per heavy atom. The summed E-state index contributed by atoms with van der Waals surface area (Å²) in [4.78, 5) is 13.3. The summed E-state index contributed by atoms with van der Waals surface area (Å²) in [6, 6.07) is 7.56. The van der Waals surface area contributed by atoms with Crippen LogP contribution in [0.5, 0.6) is 5.75 Å². The molecule has 0 bridgehead atoms. The van der Waals surface area contributed by atoms with Crippen molar-refractivity contribution in [1.82, 2.24) is 39.1 Å². The summed E-state index contributed by atoms with van der Waals surface area (Å²) in [5, 5.41) is 13.2. The fourth-order valence-electron chi connectivity index (χ4n) is 3.36.